The summed E-state index contributed by atoms with van der Waals surface area (Å²) in [5.74, 6) is 0.388. The number of carbonyl (C=O) groups is 1. The number of rotatable bonds is 9. The molecule has 0 spiro atoms. The SMILES string of the molecule is CNc1nc(-c2ccc(C=NN=C3SCC(=O)N3c3ccccc3C(C)C)cc2)nn1-c1ccc(OC(F)(F)C(F)(F)F)cc1. The van der Waals surface area contributed by atoms with Crippen LogP contribution in [0, 0.1) is 0 Å². The first-order chi connectivity index (χ1) is 21.4. The van der Waals surface area contributed by atoms with E-state index < -0.39 is 18.0 Å². The Bertz CT molecular complexity index is 1740. The van der Waals surface area contributed by atoms with Crippen molar-refractivity contribution in [2.45, 2.75) is 32.1 Å². The third-order valence-corrected chi connectivity index (χ3v) is 7.49. The van der Waals surface area contributed by atoms with Gasteiger partial charge in [0.15, 0.2) is 11.0 Å². The third kappa shape index (κ3) is 6.82. The fourth-order valence-electron chi connectivity index (χ4n) is 4.35. The predicted octanol–water partition coefficient (Wildman–Crippen LogP) is 7.10. The summed E-state index contributed by atoms with van der Waals surface area (Å²) >= 11 is 1.32. The van der Waals surface area contributed by atoms with Gasteiger partial charge in [0.25, 0.3) is 0 Å². The van der Waals surface area contributed by atoms with Gasteiger partial charge < -0.3 is 10.1 Å². The highest BCUT2D eigenvalue weighted by molar-refractivity contribution is 8.15. The van der Waals surface area contributed by atoms with Gasteiger partial charge in [0.2, 0.25) is 11.9 Å². The molecule has 45 heavy (non-hydrogen) atoms. The van der Waals surface area contributed by atoms with E-state index in [1.54, 1.807) is 42.4 Å². The highest BCUT2D eigenvalue weighted by Gasteiger charge is 2.61. The number of ether oxygens (including phenoxy) is 1. The molecule has 1 aliphatic heterocycles. The number of nitrogens with one attached hydrogen (secondary N) is 1. The Morgan fingerprint density at radius 1 is 1.00 bits per heavy atom. The van der Waals surface area contributed by atoms with Crippen molar-refractivity contribution in [3.8, 4) is 22.8 Å². The highest BCUT2D eigenvalue weighted by Crippen LogP contribution is 2.37. The van der Waals surface area contributed by atoms with Crippen LogP contribution in [0.4, 0.5) is 33.6 Å². The zero-order valence-electron chi connectivity index (χ0n) is 24.1. The van der Waals surface area contributed by atoms with Gasteiger partial charge in [0, 0.05) is 12.6 Å². The number of carbonyl (C=O) groups excluding carboxylic acids is 1. The van der Waals surface area contributed by atoms with Crippen molar-refractivity contribution in [1.82, 2.24) is 14.8 Å². The van der Waals surface area contributed by atoms with E-state index in [2.05, 4.69) is 44.2 Å². The summed E-state index contributed by atoms with van der Waals surface area (Å²) in [6.45, 7) is 4.13. The highest BCUT2D eigenvalue weighted by atomic mass is 32.2. The Hall–Kier alpha value is -4.79. The van der Waals surface area contributed by atoms with Crippen LogP contribution in [-0.4, -0.2) is 57.1 Å². The van der Waals surface area contributed by atoms with Crippen LogP contribution in [0.3, 0.4) is 0 Å². The molecule has 3 aromatic carbocycles. The van der Waals surface area contributed by atoms with E-state index in [1.807, 2.05) is 24.3 Å². The fourth-order valence-corrected chi connectivity index (χ4v) is 5.17. The van der Waals surface area contributed by atoms with Gasteiger partial charge in [0.1, 0.15) is 5.75 Å². The smallest absolute Gasteiger partial charge is 0.426 e. The number of anilines is 2. The van der Waals surface area contributed by atoms with Crippen LogP contribution in [0.15, 0.2) is 83.0 Å². The molecule has 1 amide bonds. The maximum absolute atomic E-state index is 13.2. The van der Waals surface area contributed by atoms with E-state index in [9.17, 15) is 26.7 Å². The molecular formula is C30H26F5N7O2S. The summed E-state index contributed by atoms with van der Waals surface area (Å²) in [7, 11) is 1.60. The van der Waals surface area contributed by atoms with E-state index in [1.165, 1.54) is 28.6 Å². The first-order valence-corrected chi connectivity index (χ1v) is 14.5. The molecule has 2 heterocycles. The second kappa shape index (κ2) is 12.7. The number of nitrogens with zero attached hydrogens (tertiary/aromatic N) is 6. The lowest BCUT2D eigenvalue weighted by Gasteiger charge is -2.20. The summed E-state index contributed by atoms with van der Waals surface area (Å²) in [5, 5.41) is 16.3. The molecule has 0 atom stereocenters. The van der Waals surface area contributed by atoms with Gasteiger partial charge in [-0.2, -0.15) is 36.7 Å². The third-order valence-electron chi connectivity index (χ3n) is 6.57. The normalized spacial score (nSPS) is 15.1. The number of hydrogen-bond acceptors (Lipinski definition) is 8. The number of halogens is 5. The minimum Gasteiger partial charge on any atom is -0.426 e. The van der Waals surface area contributed by atoms with Crippen LogP contribution >= 0.6 is 11.8 Å². The fraction of sp³-hybridized carbons (Fsp3) is 0.233. The number of benzene rings is 3. The second-order valence-corrected chi connectivity index (χ2v) is 11.0. The van der Waals surface area contributed by atoms with Gasteiger partial charge in [0.05, 0.1) is 23.3 Å². The molecule has 0 bridgehead atoms. The number of alkyl halides is 5. The summed E-state index contributed by atoms with van der Waals surface area (Å²) in [5.41, 5.74) is 3.55. The Kier molecular flexibility index (Phi) is 8.91. The van der Waals surface area contributed by atoms with Crippen LogP contribution < -0.4 is 15.0 Å². The summed E-state index contributed by atoms with van der Waals surface area (Å²) in [6.07, 6.45) is -9.62. The zero-order chi connectivity index (χ0) is 32.4. The minimum absolute atomic E-state index is 0.0634. The van der Waals surface area contributed by atoms with Gasteiger partial charge in [-0.05, 0) is 47.4 Å². The molecular weight excluding hydrogens is 617 g/mol. The predicted molar refractivity (Wildman–Crippen MR) is 163 cm³/mol. The van der Waals surface area contributed by atoms with Gasteiger partial charge in [-0.3, -0.25) is 9.69 Å². The van der Waals surface area contributed by atoms with Gasteiger partial charge >= 0.3 is 12.3 Å². The molecule has 0 radical (unpaired) electrons. The van der Waals surface area contributed by atoms with Crippen LogP contribution in [0.5, 0.6) is 5.75 Å². The average Bonchev–Trinajstić information content (AvgIpc) is 3.60. The maximum Gasteiger partial charge on any atom is 0.499 e. The Balaban J connectivity index is 1.31. The summed E-state index contributed by atoms with van der Waals surface area (Å²) in [4.78, 5) is 18.7. The molecule has 5 rings (SSSR count). The van der Waals surface area contributed by atoms with Crippen LogP contribution in [0.25, 0.3) is 17.1 Å². The van der Waals surface area contributed by atoms with Crippen LogP contribution in [0.1, 0.15) is 30.9 Å². The summed E-state index contributed by atoms with van der Waals surface area (Å²) in [6, 6.07) is 19.3. The number of para-hydroxylation sites is 1. The molecule has 1 aliphatic rings. The van der Waals surface area contributed by atoms with Gasteiger partial charge in [-0.15, -0.1) is 10.2 Å². The maximum atomic E-state index is 13.2. The van der Waals surface area contributed by atoms with Crippen LogP contribution in [-0.2, 0) is 4.79 Å². The van der Waals surface area contributed by atoms with Crippen molar-refractivity contribution >= 4 is 40.7 Å². The Morgan fingerprint density at radius 2 is 1.69 bits per heavy atom. The molecule has 0 saturated carbocycles. The van der Waals surface area contributed by atoms with Crippen LogP contribution in [0.2, 0.25) is 0 Å². The Labute approximate surface area is 258 Å². The molecule has 0 unspecified atom stereocenters. The first kappa shape index (κ1) is 31.6. The minimum atomic E-state index is -5.85. The summed E-state index contributed by atoms with van der Waals surface area (Å²) < 4.78 is 69.1. The molecule has 0 aliphatic carbocycles. The molecule has 1 N–H and O–H groups in total. The topological polar surface area (TPSA) is 97.0 Å². The first-order valence-electron chi connectivity index (χ1n) is 13.5. The lowest BCUT2D eigenvalue weighted by atomic mass is 10.0. The molecule has 9 nitrogen and oxygen atoms in total. The van der Waals surface area contributed by atoms with Crippen molar-refractivity contribution in [2.24, 2.45) is 10.2 Å². The van der Waals surface area contributed by atoms with Crippen molar-refractivity contribution in [2.75, 3.05) is 23.0 Å². The van der Waals surface area contributed by atoms with E-state index in [-0.39, 0.29) is 17.6 Å². The lowest BCUT2D eigenvalue weighted by molar-refractivity contribution is -0.360. The number of amides is 1. The number of aromatic nitrogens is 3. The second-order valence-electron chi connectivity index (χ2n) is 10.0. The average molecular weight is 644 g/mol. The molecule has 1 saturated heterocycles. The van der Waals surface area contributed by atoms with E-state index in [0.29, 0.717) is 28.2 Å². The van der Waals surface area contributed by atoms with Crippen molar-refractivity contribution in [1.29, 1.82) is 0 Å². The molecule has 4 aromatic rings. The largest absolute Gasteiger partial charge is 0.499 e. The van der Waals surface area contributed by atoms with E-state index in [0.717, 1.165) is 28.9 Å². The molecule has 1 aromatic heterocycles. The molecule has 234 valence electrons. The quantitative estimate of drug-likeness (QED) is 0.119. The Morgan fingerprint density at radius 3 is 2.33 bits per heavy atom. The molecule has 1 fully saturated rings. The number of hydrogen-bond donors (Lipinski definition) is 1. The standard InChI is InChI=1S/C30H26F5N7O2S/c1-18(2)23-6-4-5-7-24(23)41-25(43)17-45-28(41)39-37-16-19-8-10-20(11-9-19)26-38-27(36-3)42(40-26)21-12-14-22(15-13-21)44-30(34,35)29(31,32)33/h4-16,18H,17H2,1-3H3,(H,36,38,40). The monoisotopic (exact) mass is 643 g/mol. The van der Waals surface area contributed by atoms with Gasteiger partial charge in [-0.25, -0.2) is 0 Å². The van der Waals surface area contributed by atoms with Crippen molar-refractivity contribution in [3.63, 3.8) is 0 Å². The number of amidine groups is 1. The van der Waals surface area contributed by atoms with E-state index >= 15 is 0 Å². The zero-order valence-corrected chi connectivity index (χ0v) is 24.9. The van der Waals surface area contributed by atoms with Crippen molar-refractivity contribution < 1.29 is 31.5 Å². The lowest BCUT2D eigenvalue weighted by Crippen LogP contribution is -2.41. The number of thioether (sulfide) groups is 1. The van der Waals surface area contributed by atoms with Crippen molar-refractivity contribution in [3.05, 3.63) is 83.9 Å². The van der Waals surface area contributed by atoms with Gasteiger partial charge in [-0.1, -0.05) is 68.1 Å². The molecule has 15 heteroatoms. The van der Waals surface area contributed by atoms with E-state index in [4.69, 9.17) is 0 Å².